The molecule has 0 spiro atoms. The zero-order chi connectivity index (χ0) is 24.9. The molecule has 1 aliphatic rings. The van der Waals surface area contributed by atoms with Crippen molar-refractivity contribution in [3.63, 3.8) is 0 Å². The molecule has 0 unspecified atom stereocenters. The Bertz CT molecular complexity index is 1170. The van der Waals surface area contributed by atoms with Gasteiger partial charge >= 0.3 is 0 Å². The van der Waals surface area contributed by atoms with Crippen LogP contribution in [-0.2, 0) is 0 Å². The van der Waals surface area contributed by atoms with Crippen molar-refractivity contribution in [1.82, 2.24) is 24.6 Å². The number of rotatable bonds is 8. The van der Waals surface area contributed by atoms with Gasteiger partial charge in [0.2, 0.25) is 11.8 Å². The molecule has 0 atom stereocenters. The summed E-state index contributed by atoms with van der Waals surface area (Å²) < 4.78 is 32.6. The summed E-state index contributed by atoms with van der Waals surface area (Å²) >= 11 is 12.2. The Hall–Kier alpha value is -3.02. The van der Waals surface area contributed by atoms with Gasteiger partial charge in [-0.15, -0.1) is 0 Å². The van der Waals surface area contributed by atoms with Crippen LogP contribution in [0.15, 0.2) is 36.8 Å². The third kappa shape index (κ3) is 6.36. The average Bonchev–Trinajstić information content (AvgIpc) is 3.29. The van der Waals surface area contributed by atoms with Crippen LogP contribution in [0.4, 0.5) is 26.1 Å². The van der Waals surface area contributed by atoms with Gasteiger partial charge in [-0.1, -0.05) is 29.3 Å². The minimum atomic E-state index is -2.76. The van der Waals surface area contributed by atoms with Gasteiger partial charge in [0.1, 0.15) is 5.56 Å². The number of alkyl halides is 2. The number of nitrogens with zero attached hydrogens (tertiary/aromatic N) is 5. The van der Waals surface area contributed by atoms with Gasteiger partial charge in [0.25, 0.3) is 12.3 Å². The molecule has 2 aromatic heterocycles. The van der Waals surface area contributed by atoms with Crippen molar-refractivity contribution < 1.29 is 18.3 Å². The molecule has 1 amide bonds. The number of piperidine rings is 1. The fourth-order valence-electron chi connectivity index (χ4n) is 3.62. The van der Waals surface area contributed by atoms with E-state index in [4.69, 9.17) is 27.9 Å². The maximum absolute atomic E-state index is 12.8. The molecule has 3 heterocycles. The van der Waals surface area contributed by atoms with E-state index in [-0.39, 0.29) is 39.2 Å². The standard InChI is InChI=1S/C22H23Cl2F2N7O2/c1-32-7-5-14(6-8-32)33-11-13(9-28-33)29-22-27-10-15(21(31-22)35-12-18(25)26)20(34)30-19-16(23)3-2-4-17(19)24/h2-4,9-11,14,18H,5-8,12H2,1H3,(H,30,34)(H,27,29,31). The van der Waals surface area contributed by atoms with Crippen LogP contribution in [0.2, 0.25) is 10.0 Å². The fourth-order valence-corrected chi connectivity index (χ4v) is 4.12. The first-order valence-electron chi connectivity index (χ1n) is 10.8. The monoisotopic (exact) mass is 525 g/mol. The van der Waals surface area contributed by atoms with E-state index in [1.54, 1.807) is 24.4 Å². The molecule has 9 nitrogen and oxygen atoms in total. The van der Waals surface area contributed by atoms with Crippen LogP contribution in [0.3, 0.4) is 0 Å². The molecular weight excluding hydrogens is 503 g/mol. The summed E-state index contributed by atoms with van der Waals surface area (Å²) in [5.41, 5.74) is 0.627. The number of ether oxygens (including phenoxy) is 1. The first kappa shape index (κ1) is 25.1. The van der Waals surface area contributed by atoms with Gasteiger partial charge in [0, 0.05) is 12.4 Å². The molecule has 0 aliphatic carbocycles. The molecule has 0 bridgehead atoms. The number of aromatic nitrogens is 4. The summed E-state index contributed by atoms with van der Waals surface area (Å²) in [6.07, 6.45) is 3.85. The van der Waals surface area contributed by atoms with Gasteiger partial charge in [-0.2, -0.15) is 10.1 Å². The number of carbonyl (C=O) groups excluding carboxylic acids is 1. The molecule has 1 aromatic carbocycles. The second-order valence-corrected chi connectivity index (χ2v) is 8.85. The van der Waals surface area contributed by atoms with Gasteiger partial charge in [-0.3, -0.25) is 9.48 Å². The van der Waals surface area contributed by atoms with Crippen molar-refractivity contribution in [1.29, 1.82) is 0 Å². The van der Waals surface area contributed by atoms with Crippen LogP contribution < -0.4 is 15.4 Å². The maximum Gasteiger partial charge on any atom is 0.272 e. The lowest BCUT2D eigenvalue weighted by molar-refractivity contribution is 0.0780. The van der Waals surface area contributed by atoms with E-state index in [1.165, 1.54) is 6.20 Å². The van der Waals surface area contributed by atoms with Crippen LogP contribution in [0.5, 0.6) is 5.88 Å². The van der Waals surface area contributed by atoms with Crippen LogP contribution in [0.1, 0.15) is 29.2 Å². The van der Waals surface area contributed by atoms with Gasteiger partial charge < -0.3 is 20.3 Å². The largest absolute Gasteiger partial charge is 0.471 e. The normalized spacial score (nSPS) is 14.8. The van der Waals surface area contributed by atoms with Gasteiger partial charge in [-0.05, 0) is 45.1 Å². The highest BCUT2D eigenvalue weighted by Crippen LogP contribution is 2.31. The summed E-state index contributed by atoms with van der Waals surface area (Å²) in [6.45, 7) is 1.03. The van der Waals surface area contributed by atoms with Gasteiger partial charge in [0.15, 0.2) is 6.61 Å². The maximum atomic E-state index is 12.8. The second-order valence-electron chi connectivity index (χ2n) is 8.03. The Morgan fingerprint density at radius 1 is 1.23 bits per heavy atom. The molecule has 0 saturated carbocycles. The quantitative estimate of drug-likeness (QED) is 0.432. The van der Waals surface area contributed by atoms with E-state index in [0.717, 1.165) is 25.9 Å². The molecular formula is C22H23Cl2F2N7O2. The highest BCUT2D eigenvalue weighted by molar-refractivity contribution is 6.40. The number of para-hydroxylation sites is 1. The Balaban J connectivity index is 1.52. The zero-order valence-electron chi connectivity index (χ0n) is 18.7. The summed E-state index contributed by atoms with van der Waals surface area (Å²) in [7, 11) is 2.09. The number of hydrogen-bond donors (Lipinski definition) is 2. The third-order valence-corrected chi connectivity index (χ3v) is 6.10. The molecule has 35 heavy (non-hydrogen) atoms. The third-order valence-electron chi connectivity index (χ3n) is 5.47. The molecule has 13 heteroatoms. The molecule has 2 N–H and O–H groups in total. The first-order chi connectivity index (χ1) is 16.8. The Morgan fingerprint density at radius 3 is 2.63 bits per heavy atom. The fraction of sp³-hybridized carbons (Fsp3) is 0.364. The molecule has 1 saturated heterocycles. The lowest BCUT2D eigenvalue weighted by Crippen LogP contribution is -2.31. The number of hydrogen-bond acceptors (Lipinski definition) is 7. The lowest BCUT2D eigenvalue weighted by atomic mass is 10.1. The predicted molar refractivity (Wildman–Crippen MR) is 129 cm³/mol. The van der Waals surface area contributed by atoms with Crippen LogP contribution in [0.25, 0.3) is 0 Å². The SMILES string of the molecule is CN1CCC(n2cc(Nc3ncc(C(=O)Nc4c(Cl)cccc4Cl)c(OCC(F)F)n3)cn2)CC1. The molecule has 0 radical (unpaired) electrons. The first-order valence-corrected chi connectivity index (χ1v) is 11.6. The molecule has 1 fully saturated rings. The lowest BCUT2D eigenvalue weighted by Gasteiger charge is -2.28. The number of benzene rings is 1. The molecule has 4 rings (SSSR count). The molecule has 186 valence electrons. The predicted octanol–water partition coefficient (Wildman–Crippen LogP) is 4.89. The number of halogens is 4. The Labute approximate surface area is 210 Å². The van der Waals surface area contributed by atoms with Crippen molar-refractivity contribution in [3.05, 3.63) is 52.4 Å². The highest BCUT2D eigenvalue weighted by atomic mass is 35.5. The highest BCUT2D eigenvalue weighted by Gasteiger charge is 2.21. The van der Waals surface area contributed by atoms with Crippen molar-refractivity contribution in [2.75, 3.05) is 37.4 Å². The number of carbonyl (C=O) groups is 1. The van der Waals surface area contributed by atoms with Crippen LogP contribution in [0, 0.1) is 0 Å². The average molecular weight is 526 g/mol. The van der Waals surface area contributed by atoms with Crippen LogP contribution in [-0.4, -0.2) is 63.7 Å². The van der Waals surface area contributed by atoms with Crippen molar-refractivity contribution in [2.45, 2.75) is 25.3 Å². The second kappa shape index (κ2) is 11.1. The van der Waals surface area contributed by atoms with Crippen molar-refractivity contribution in [3.8, 4) is 5.88 Å². The van der Waals surface area contributed by atoms with E-state index in [0.29, 0.717) is 5.69 Å². The van der Waals surface area contributed by atoms with E-state index < -0.39 is 18.9 Å². The van der Waals surface area contributed by atoms with E-state index in [2.05, 4.69) is 37.6 Å². The van der Waals surface area contributed by atoms with Gasteiger partial charge in [-0.25, -0.2) is 13.8 Å². The van der Waals surface area contributed by atoms with E-state index in [9.17, 15) is 13.6 Å². The topological polar surface area (TPSA) is 97.2 Å². The van der Waals surface area contributed by atoms with Crippen molar-refractivity contribution >= 4 is 46.4 Å². The Kier molecular flexibility index (Phi) is 7.99. The molecule has 3 aromatic rings. The summed E-state index contributed by atoms with van der Waals surface area (Å²) in [6, 6.07) is 5.00. The summed E-state index contributed by atoms with van der Waals surface area (Å²) in [5, 5.41) is 10.4. The smallest absolute Gasteiger partial charge is 0.272 e. The minimum absolute atomic E-state index is 0.0597. The van der Waals surface area contributed by atoms with Crippen LogP contribution >= 0.6 is 23.2 Å². The van der Waals surface area contributed by atoms with E-state index in [1.807, 2.05) is 10.9 Å². The Morgan fingerprint density at radius 2 is 1.94 bits per heavy atom. The summed E-state index contributed by atoms with van der Waals surface area (Å²) in [5.74, 6) is -0.971. The van der Waals surface area contributed by atoms with Crippen molar-refractivity contribution in [2.24, 2.45) is 0 Å². The number of amides is 1. The molecule has 1 aliphatic heterocycles. The number of anilines is 3. The number of likely N-dealkylation sites (tertiary alicyclic amines) is 1. The summed E-state index contributed by atoms with van der Waals surface area (Å²) in [4.78, 5) is 23.4. The number of nitrogens with one attached hydrogen (secondary N) is 2. The minimum Gasteiger partial charge on any atom is -0.471 e. The van der Waals surface area contributed by atoms with E-state index >= 15 is 0 Å². The van der Waals surface area contributed by atoms with Gasteiger partial charge in [0.05, 0.1) is 33.7 Å². The zero-order valence-corrected chi connectivity index (χ0v) is 20.2.